The van der Waals surface area contributed by atoms with Crippen molar-refractivity contribution in [1.29, 1.82) is 0 Å². The molecule has 1 heterocycles. The van der Waals surface area contributed by atoms with Crippen molar-refractivity contribution in [1.82, 2.24) is 5.32 Å². The zero-order valence-corrected chi connectivity index (χ0v) is 13.0. The summed E-state index contributed by atoms with van der Waals surface area (Å²) in [6, 6.07) is 17.2. The van der Waals surface area contributed by atoms with Gasteiger partial charge in [-0.3, -0.25) is 0 Å². The maximum atomic E-state index is 5.50. The largest absolute Gasteiger partial charge is 0.346 e. The van der Waals surface area contributed by atoms with E-state index >= 15 is 0 Å². The van der Waals surface area contributed by atoms with Crippen molar-refractivity contribution in [3.8, 4) is 0 Å². The summed E-state index contributed by atoms with van der Waals surface area (Å²) in [6.45, 7) is 5.30. The maximum absolute atomic E-state index is 5.50. The van der Waals surface area contributed by atoms with Gasteiger partial charge in [0.25, 0.3) is 0 Å². The normalized spacial score (nSPS) is 15.3. The highest BCUT2D eigenvalue weighted by atomic mass is 16.7. The molecule has 3 rings (SSSR count). The first-order valence-electron chi connectivity index (χ1n) is 7.96. The first-order valence-corrected chi connectivity index (χ1v) is 7.96. The quantitative estimate of drug-likeness (QED) is 0.884. The molecule has 2 aromatic rings. The summed E-state index contributed by atoms with van der Waals surface area (Å²) in [4.78, 5) is 0. The fourth-order valence-electron chi connectivity index (χ4n) is 2.59. The van der Waals surface area contributed by atoms with E-state index in [0.29, 0.717) is 13.2 Å². The molecule has 3 heteroatoms. The fraction of sp³-hybridized carbons (Fsp3) is 0.368. The molecule has 22 heavy (non-hydrogen) atoms. The number of aryl methyl sites for hydroxylation is 1. The molecule has 0 aliphatic carbocycles. The van der Waals surface area contributed by atoms with Gasteiger partial charge >= 0.3 is 0 Å². The van der Waals surface area contributed by atoms with E-state index in [9.17, 15) is 0 Å². The summed E-state index contributed by atoms with van der Waals surface area (Å²) in [6.07, 6.45) is 0.910. The van der Waals surface area contributed by atoms with Gasteiger partial charge in [-0.2, -0.15) is 0 Å². The van der Waals surface area contributed by atoms with E-state index in [1.807, 2.05) is 0 Å². The van der Waals surface area contributed by atoms with Crippen LogP contribution in [0.2, 0.25) is 0 Å². The van der Waals surface area contributed by atoms with Gasteiger partial charge in [0.15, 0.2) is 6.29 Å². The van der Waals surface area contributed by atoms with Crippen LogP contribution in [-0.2, 0) is 29.0 Å². The highest BCUT2D eigenvalue weighted by Crippen LogP contribution is 2.23. The molecule has 0 aromatic heterocycles. The molecule has 0 atom stereocenters. The number of rotatable bonds is 6. The van der Waals surface area contributed by atoms with Crippen molar-refractivity contribution in [3.05, 3.63) is 70.8 Å². The van der Waals surface area contributed by atoms with Gasteiger partial charge < -0.3 is 14.8 Å². The third kappa shape index (κ3) is 3.95. The van der Waals surface area contributed by atoms with E-state index in [1.54, 1.807) is 0 Å². The van der Waals surface area contributed by atoms with Gasteiger partial charge in [0, 0.05) is 18.7 Å². The van der Waals surface area contributed by atoms with Crippen molar-refractivity contribution in [2.24, 2.45) is 0 Å². The minimum absolute atomic E-state index is 0.181. The zero-order chi connectivity index (χ0) is 15.2. The molecule has 116 valence electrons. The van der Waals surface area contributed by atoms with Crippen LogP contribution in [0.15, 0.2) is 48.5 Å². The highest BCUT2D eigenvalue weighted by Gasteiger charge is 2.17. The third-order valence-electron chi connectivity index (χ3n) is 3.96. The molecule has 2 aromatic carbocycles. The first kappa shape index (κ1) is 15.2. The minimum atomic E-state index is -0.181. The molecule has 0 unspecified atom stereocenters. The Labute approximate surface area is 132 Å². The maximum Gasteiger partial charge on any atom is 0.184 e. The Morgan fingerprint density at radius 2 is 1.32 bits per heavy atom. The van der Waals surface area contributed by atoms with Crippen LogP contribution in [0.25, 0.3) is 0 Å². The average molecular weight is 297 g/mol. The van der Waals surface area contributed by atoms with Crippen LogP contribution >= 0.6 is 0 Å². The van der Waals surface area contributed by atoms with Crippen LogP contribution in [0.4, 0.5) is 0 Å². The highest BCUT2D eigenvalue weighted by molar-refractivity contribution is 5.24. The first-order chi connectivity index (χ1) is 10.8. The van der Waals surface area contributed by atoms with Crippen LogP contribution in [0.1, 0.15) is 35.5 Å². The summed E-state index contributed by atoms with van der Waals surface area (Å²) in [5, 5.41) is 3.48. The van der Waals surface area contributed by atoms with Crippen molar-refractivity contribution >= 4 is 0 Å². The second kappa shape index (κ2) is 7.54. The molecule has 0 radical (unpaired) electrons. The summed E-state index contributed by atoms with van der Waals surface area (Å²) < 4.78 is 11.0. The molecule has 1 N–H and O–H groups in total. The van der Waals surface area contributed by atoms with Gasteiger partial charge in [0.2, 0.25) is 0 Å². The lowest BCUT2D eigenvalue weighted by atomic mass is 10.1. The Bertz CT molecular complexity index is 571. The van der Waals surface area contributed by atoms with E-state index in [-0.39, 0.29) is 6.29 Å². The van der Waals surface area contributed by atoms with Crippen molar-refractivity contribution < 1.29 is 9.47 Å². The molecule has 0 bridgehead atoms. The van der Waals surface area contributed by atoms with Crippen LogP contribution in [0.5, 0.6) is 0 Å². The summed E-state index contributed by atoms with van der Waals surface area (Å²) in [5.41, 5.74) is 5.07. The molecule has 1 aliphatic heterocycles. The van der Waals surface area contributed by atoms with Gasteiger partial charge in [0.05, 0.1) is 13.2 Å². The van der Waals surface area contributed by atoms with Gasteiger partial charge in [-0.1, -0.05) is 55.5 Å². The van der Waals surface area contributed by atoms with E-state index in [0.717, 1.165) is 25.1 Å². The topological polar surface area (TPSA) is 30.5 Å². The molecule has 3 nitrogen and oxygen atoms in total. The summed E-state index contributed by atoms with van der Waals surface area (Å²) in [7, 11) is 0. The van der Waals surface area contributed by atoms with Crippen molar-refractivity contribution in [2.75, 3.05) is 13.2 Å². The number of benzene rings is 2. The van der Waals surface area contributed by atoms with E-state index in [2.05, 4.69) is 60.8 Å². The molecular formula is C19H23NO2. The van der Waals surface area contributed by atoms with Crippen molar-refractivity contribution in [3.63, 3.8) is 0 Å². The van der Waals surface area contributed by atoms with Crippen LogP contribution in [-0.4, -0.2) is 13.2 Å². The van der Waals surface area contributed by atoms with Gasteiger partial charge in [0.1, 0.15) is 0 Å². The van der Waals surface area contributed by atoms with E-state index in [1.165, 1.54) is 16.7 Å². The fourth-order valence-corrected chi connectivity index (χ4v) is 2.59. The molecule has 1 aliphatic rings. The lowest BCUT2D eigenvalue weighted by molar-refractivity contribution is -0.0441. The predicted octanol–water partition coefficient (Wildman–Crippen LogP) is 3.58. The molecule has 1 fully saturated rings. The molecule has 0 amide bonds. The number of nitrogens with one attached hydrogen (secondary N) is 1. The Hall–Kier alpha value is -1.68. The average Bonchev–Trinajstić information content (AvgIpc) is 3.11. The third-order valence-corrected chi connectivity index (χ3v) is 3.96. The monoisotopic (exact) mass is 297 g/mol. The summed E-state index contributed by atoms with van der Waals surface area (Å²) in [5.74, 6) is 0. The zero-order valence-electron chi connectivity index (χ0n) is 13.0. The lowest BCUT2D eigenvalue weighted by Crippen LogP contribution is -2.12. The van der Waals surface area contributed by atoms with E-state index < -0.39 is 0 Å². The molecule has 1 saturated heterocycles. The van der Waals surface area contributed by atoms with Crippen LogP contribution in [0, 0.1) is 0 Å². The van der Waals surface area contributed by atoms with Crippen molar-refractivity contribution in [2.45, 2.75) is 32.7 Å². The van der Waals surface area contributed by atoms with E-state index in [4.69, 9.17) is 9.47 Å². The SMILES string of the molecule is CCc1ccc(CNCc2ccc(C3OCCO3)cc2)cc1. The summed E-state index contributed by atoms with van der Waals surface area (Å²) >= 11 is 0. The molecule has 0 spiro atoms. The molecule has 0 saturated carbocycles. The smallest absolute Gasteiger partial charge is 0.184 e. The Kier molecular flexibility index (Phi) is 5.22. The lowest BCUT2D eigenvalue weighted by Gasteiger charge is -2.10. The second-order valence-electron chi connectivity index (χ2n) is 5.59. The standard InChI is InChI=1S/C19H23NO2/c1-2-15-3-5-16(6-4-15)13-20-14-17-7-9-18(10-8-17)19-21-11-12-22-19/h3-10,19-20H,2,11-14H2,1H3. The number of hydrogen-bond donors (Lipinski definition) is 1. The Morgan fingerprint density at radius 3 is 1.86 bits per heavy atom. The van der Waals surface area contributed by atoms with Gasteiger partial charge in [-0.15, -0.1) is 0 Å². The Balaban J connectivity index is 1.48. The molecular weight excluding hydrogens is 274 g/mol. The van der Waals surface area contributed by atoms with Crippen LogP contribution < -0.4 is 5.32 Å². The minimum Gasteiger partial charge on any atom is -0.346 e. The van der Waals surface area contributed by atoms with Crippen LogP contribution in [0.3, 0.4) is 0 Å². The van der Waals surface area contributed by atoms with Gasteiger partial charge in [-0.05, 0) is 23.1 Å². The van der Waals surface area contributed by atoms with Gasteiger partial charge in [-0.25, -0.2) is 0 Å². The second-order valence-corrected chi connectivity index (χ2v) is 5.59. The Morgan fingerprint density at radius 1 is 0.818 bits per heavy atom. The number of hydrogen-bond acceptors (Lipinski definition) is 3. The number of ether oxygens (including phenoxy) is 2. The predicted molar refractivity (Wildman–Crippen MR) is 87.5 cm³/mol.